The maximum absolute atomic E-state index is 15.2. The van der Waals surface area contributed by atoms with Crippen molar-refractivity contribution in [3.63, 3.8) is 0 Å². The fraction of sp³-hybridized carbons (Fsp3) is 0.250. The van der Waals surface area contributed by atoms with Crippen LogP contribution in [0.4, 0.5) is 13.2 Å². The Morgan fingerprint density at radius 2 is 2.00 bits per heavy atom. The average Bonchev–Trinajstić information content (AvgIpc) is 3.67. The summed E-state index contributed by atoms with van der Waals surface area (Å²) in [5, 5.41) is 9.53. The molecule has 0 saturated carbocycles. The minimum absolute atomic E-state index is 0.0149. The van der Waals surface area contributed by atoms with Crippen LogP contribution in [0.5, 0.6) is 17.2 Å². The fourth-order valence-corrected chi connectivity index (χ4v) is 6.71. The van der Waals surface area contributed by atoms with Gasteiger partial charge in [0, 0.05) is 40.7 Å². The Bertz CT molecular complexity index is 1960. The Morgan fingerprint density at radius 3 is 2.75 bits per heavy atom. The van der Waals surface area contributed by atoms with E-state index < -0.39 is 45.4 Å². The molecule has 3 atom stereocenters. The first-order valence-corrected chi connectivity index (χ1v) is 15.4. The summed E-state index contributed by atoms with van der Waals surface area (Å²) in [6.07, 6.45) is 4.88. The topological polar surface area (TPSA) is 117 Å². The average molecular weight is 624 g/mol. The molecule has 228 valence electrons. The van der Waals surface area contributed by atoms with Crippen molar-refractivity contribution in [3.05, 3.63) is 89.1 Å². The normalized spacial score (nSPS) is 17.6. The van der Waals surface area contributed by atoms with Crippen molar-refractivity contribution in [1.29, 1.82) is 0 Å². The molecule has 0 saturated heterocycles. The van der Waals surface area contributed by atoms with E-state index >= 15 is 8.78 Å². The zero-order valence-corrected chi connectivity index (χ0v) is 24.8. The van der Waals surface area contributed by atoms with E-state index in [1.807, 2.05) is 32.0 Å². The third-order valence-electron chi connectivity index (χ3n) is 8.18. The number of imidazole rings is 1. The van der Waals surface area contributed by atoms with Crippen molar-refractivity contribution in [2.75, 3.05) is 12.9 Å². The molecule has 12 heteroatoms. The molecule has 8 nitrogen and oxygen atoms in total. The number of hydrogen-bond donors (Lipinski definition) is 3. The van der Waals surface area contributed by atoms with Gasteiger partial charge in [0.05, 0.1) is 39.8 Å². The molecule has 0 amide bonds. The number of fused-ring (bicyclic) bond motifs is 2. The highest BCUT2D eigenvalue weighted by molar-refractivity contribution is 7.84. The predicted molar refractivity (Wildman–Crippen MR) is 158 cm³/mol. The molecule has 3 aromatic carbocycles. The van der Waals surface area contributed by atoms with Gasteiger partial charge in [0.1, 0.15) is 23.1 Å². The minimum atomic E-state index is -1.75. The largest absolute Gasteiger partial charge is 0.493 e. The molecule has 5 aromatic rings. The molecular formula is C32H28F3N3O5S. The summed E-state index contributed by atoms with van der Waals surface area (Å²) in [5.74, 6) is -4.07. The number of H-pyrrole nitrogens is 2. The minimum Gasteiger partial charge on any atom is -0.493 e. The number of aliphatic carboxylic acids is 1. The first kappa shape index (κ1) is 29.5. The van der Waals surface area contributed by atoms with Crippen molar-refractivity contribution in [2.45, 2.75) is 42.9 Å². The number of aromatic amines is 2. The summed E-state index contributed by atoms with van der Waals surface area (Å²) in [6.45, 7) is 4.22. The molecule has 0 fully saturated rings. The van der Waals surface area contributed by atoms with E-state index in [4.69, 9.17) is 9.47 Å². The highest BCUT2D eigenvalue weighted by atomic mass is 32.2. The number of halogens is 3. The van der Waals surface area contributed by atoms with Crippen LogP contribution < -0.4 is 9.47 Å². The second-order valence-electron chi connectivity index (χ2n) is 11.0. The number of nitrogens with one attached hydrogen (secondary N) is 2. The number of benzene rings is 3. The van der Waals surface area contributed by atoms with Gasteiger partial charge in [-0.25, -0.2) is 13.8 Å². The van der Waals surface area contributed by atoms with Gasteiger partial charge in [-0.2, -0.15) is 4.39 Å². The molecule has 0 radical (unpaired) electrons. The number of carboxylic acids is 1. The third kappa shape index (κ3) is 4.92. The number of hydrogen-bond acceptors (Lipinski definition) is 5. The van der Waals surface area contributed by atoms with Crippen molar-refractivity contribution < 1.29 is 36.8 Å². The fourth-order valence-electron chi connectivity index (χ4n) is 5.84. The third-order valence-corrected chi connectivity index (χ3v) is 9.16. The van der Waals surface area contributed by atoms with E-state index in [-0.39, 0.29) is 45.3 Å². The van der Waals surface area contributed by atoms with E-state index in [1.165, 1.54) is 30.7 Å². The lowest BCUT2D eigenvalue weighted by Gasteiger charge is -2.36. The number of carboxylic acid groups (broad SMARTS) is 1. The summed E-state index contributed by atoms with van der Waals surface area (Å²) < 4.78 is 69.5. The van der Waals surface area contributed by atoms with Crippen LogP contribution in [0.1, 0.15) is 49.4 Å². The van der Waals surface area contributed by atoms with Crippen LogP contribution in [0.15, 0.2) is 59.8 Å². The van der Waals surface area contributed by atoms with Crippen molar-refractivity contribution in [1.82, 2.24) is 15.0 Å². The molecule has 44 heavy (non-hydrogen) atoms. The maximum Gasteiger partial charge on any atom is 0.303 e. The van der Waals surface area contributed by atoms with Crippen molar-refractivity contribution >= 4 is 27.7 Å². The van der Waals surface area contributed by atoms with Crippen LogP contribution in [0.3, 0.4) is 0 Å². The van der Waals surface area contributed by atoms with Gasteiger partial charge in [0.15, 0.2) is 11.6 Å². The first-order chi connectivity index (χ1) is 21.0. The lowest BCUT2D eigenvalue weighted by Crippen LogP contribution is -2.32. The van der Waals surface area contributed by atoms with Crippen LogP contribution in [-0.4, -0.2) is 43.1 Å². The zero-order chi connectivity index (χ0) is 31.3. The number of rotatable bonds is 8. The number of nitrogens with zero attached hydrogens (tertiary/aromatic N) is 1. The number of para-hydroxylation sites is 1. The molecular weight excluding hydrogens is 595 g/mol. The molecule has 0 bridgehead atoms. The first-order valence-electron chi connectivity index (χ1n) is 13.8. The summed E-state index contributed by atoms with van der Waals surface area (Å²) in [7, 11) is -1.75. The van der Waals surface area contributed by atoms with Gasteiger partial charge in [-0.1, -0.05) is 25.1 Å². The second kappa shape index (κ2) is 11.2. The Kier molecular flexibility index (Phi) is 7.48. The molecule has 0 aliphatic carbocycles. The summed E-state index contributed by atoms with van der Waals surface area (Å²) in [5.41, 5.74) is 1.60. The molecule has 2 aromatic heterocycles. The van der Waals surface area contributed by atoms with Crippen molar-refractivity contribution in [2.24, 2.45) is 0 Å². The van der Waals surface area contributed by atoms with Gasteiger partial charge in [0.25, 0.3) is 0 Å². The Morgan fingerprint density at radius 1 is 1.20 bits per heavy atom. The highest BCUT2D eigenvalue weighted by Crippen LogP contribution is 2.47. The van der Waals surface area contributed by atoms with Crippen molar-refractivity contribution in [3.8, 4) is 28.6 Å². The van der Waals surface area contributed by atoms with Gasteiger partial charge in [0.2, 0.25) is 5.82 Å². The molecule has 6 rings (SSSR count). The number of carbonyl (C=O) groups is 1. The van der Waals surface area contributed by atoms with Gasteiger partial charge >= 0.3 is 5.97 Å². The predicted octanol–water partition coefficient (Wildman–Crippen LogP) is 7.17. The van der Waals surface area contributed by atoms with E-state index in [0.29, 0.717) is 24.5 Å². The zero-order valence-electron chi connectivity index (χ0n) is 24.0. The van der Waals surface area contributed by atoms with Gasteiger partial charge in [-0.05, 0) is 49.1 Å². The van der Waals surface area contributed by atoms with Gasteiger partial charge in [-0.15, -0.1) is 0 Å². The molecule has 1 aliphatic rings. The van der Waals surface area contributed by atoms with E-state index in [2.05, 4.69) is 15.0 Å². The highest BCUT2D eigenvalue weighted by Gasteiger charge is 2.38. The van der Waals surface area contributed by atoms with Crippen LogP contribution in [0, 0.1) is 17.5 Å². The monoisotopic (exact) mass is 623 g/mol. The number of ether oxygens (including phenoxy) is 2. The maximum atomic E-state index is 15.2. The Hall–Kier alpha value is -4.58. The number of aromatic nitrogens is 3. The summed E-state index contributed by atoms with van der Waals surface area (Å²) >= 11 is 0. The Labute approximate surface area is 252 Å². The molecule has 3 heterocycles. The van der Waals surface area contributed by atoms with E-state index in [0.717, 1.165) is 17.2 Å². The van der Waals surface area contributed by atoms with Gasteiger partial charge in [-0.3, -0.25) is 9.00 Å². The lowest BCUT2D eigenvalue weighted by molar-refractivity contribution is -0.137. The summed E-state index contributed by atoms with van der Waals surface area (Å²) in [4.78, 5) is 21.6. The molecule has 1 aliphatic heterocycles. The van der Waals surface area contributed by atoms with Crippen LogP contribution >= 0.6 is 0 Å². The summed E-state index contributed by atoms with van der Waals surface area (Å²) in [6, 6.07) is 10.8. The van der Waals surface area contributed by atoms with Crippen LogP contribution in [0.25, 0.3) is 22.3 Å². The molecule has 3 N–H and O–H groups in total. The van der Waals surface area contributed by atoms with Crippen LogP contribution in [0.2, 0.25) is 0 Å². The lowest BCUT2D eigenvalue weighted by atomic mass is 9.74. The van der Waals surface area contributed by atoms with E-state index in [9.17, 15) is 18.5 Å². The van der Waals surface area contributed by atoms with E-state index in [1.54, 1.807) is 6.20 Å². The molecule has 0 spiro atoms. The van der Waals surface area contributed by atoms with Gasteiger partial charge < -0.3 is 24.5 Å². The second-order valence-corrected chi connectivity index (χ2v) is 12.4. The standard InChI is InChI=1S/C32H28F3N3O5S/c1-16(13-24(39)40)18-5-4-6-21-28(18)42-12-10-32(21,2)23-15-37-31(38-23)20-14-17(7-8-22(20)33)43-29-26(35)25(34)27-19(9-11-36-27)30(29)44(3)41/h4-9,11,14-16,36H,10,12-13H2,1-3H3,(H,37,38)(H,39,40)/t16-,32-,44?/m1/s1. The SMILES string of the molecule is C[C@H](CC(=O)O)c1cccc2c1OCC[C@@]2(C)c1cnc(-c2cc(Oc3c(F)c(F)c4[nH]ccc4c3S(C)=O)ccc2F)[nH]1. The smallest absolute Gasteiger partial charge is 0.303 e. The Balaban J connectivity index is 1.37. The molecule has 1 unspecified atom stereocenters. The quantitative estimate of drug-likeness (QED) is 0.169. The van der Waals surface area contributed by atoms with Crippen LogP contribution in [-0.2, 0) is 21.0 Å².